The first-order valence-electron chi connectivity index (χ1n) is 10.3. The molecule has 0 atom stereocenters. The van der Waals surface area contributed by atoms with Gasteiger partial charge in [-0.15, -0.1) is 0 Å². The summed E-state index contributed by atoms with van der Waals surface area (Å²) in [6.07, 6.45) is -4.44. The highest BCUT2D eigenvalue weighted by Crippen LogP contribution is 2.42. The van der Waals surface area contributed by atoms with E-state index in [2.05, 4.69) is 10.3 Å². The summed E-state index contributed by atoms with van der Waals surface area (Å²) in [6, 6.07) is 13.8. The third-order valence-electron chi connectivity index (χ3n) is 5.72. The smallest absolute Gasteiger partial charge is 0.332 e. The third-order valence-corrected chi connectivity index (χ3v) is 5.72. The van der Waals surface area contributed by atoms with Gasteiger partial charge in [-0.3, -0.25) is 9.59 Å². The van der Waals surface area contributed by atoms with Gasteiger partial charge in [0.05, 0.1) is 6.54 Å². The third kappa shape index (κ3) is 4.48. The van der Waals surface area contributed by atoms with Gasteiger partial charge in [0.15, 0.2) is 0 Å². The van der Waals surface area contributed by atoms with Crippen molar-refractivity contribution >= 4 is 17.6 Å². The van der Waals surface area contributed by atoms with E-state index in [1.807, 2.05) is 0 Å². The summed E-state index contributed by atoms with van der Waals surface area (Å²) in [5.74, 6) is -2.47. The molecule has 1 aliphatic heterocycles. The van der Waals surface area contributed by atoms with E-state index in [4.69, 9.17) is 0 Å². The quantitative estimate of drug-likeness (QED) is 0.552. The second kappa shape index (κ2) is 8.85. The van der Waals surface area contributed by atoms with E-state index >= 15 is 0 Å². The zero-order valence-electron chi connectivity index (χ0n) is 17.6. The maximum Gasteiger partial charge on any atom is 0.433 e. The van der Waals surface area contributed by atoms with Crippen molar-refractivity contribution in [2.75, 3.05) is 18.4 Å². The minimum absolute atomic E-state index is 0.150. The molecule has 1 fully saturated rings. The number of rotatable bonds is 5. The van der Waals surface area contributed by atoms with Crippen LogP contribution in [0.3, 0.4) is 0 Å². The van der Waals surface area contributed by atoms with Crippen molar-refractivity contribution in [2.24, 2.45) is 0 Å². The summed E-state index contributed by atoms with van der Waals surface area (Å²) in [6.45, 7) is -0.280. The van der Waals surface area contributed by atoms with Crippen LogP contribution in [0.25, 0.3) is 0 Å². The van der Waals surface area contributed by atoms with Crippen molar-refractivity contribution in [1.29, 1.82) is 0 Å². The van der Waals surface area contributed by atoms with Gasteiger partial charge in [0.25, 0.3) is 0 Å². The fraction of sp³-hybridized carbons (Fsp3) is 0.208. The van der Waals surface area contributed by atoms with Crippen molar-refractivity contribution in [3.05, 3.63) is 95.2 Å². The Morgan fingerprint density at radius 1 is 0.941 bits per heavy atom. The average Bonchev–Trinajstić information content (AvgIpc) is 3.11. The van der Waals surface area contributed by atoms with Gasteiger partial charge in [0.2, 0.25) is 11.8 Å². The molecule has 3 aromatic rings. The number of anilines is 1. The number of halogens is 5. The number of aromatic nitrogens is 1. The van der Waals surface area contributed by atoms with Crippen LogP contribution in [-0.4, -0.2) is 34.8 Å². The van der Waals surface area contributed by atoms with Crippen LogP contribution in [0.4, 0.5) is 27.8 Å². The molecule has 2 amide bonds. The van der Waals surface area contributed by atoms with Crippen LogP contribution in [-0.2, 0) is 21.2 Å². The number of nitrogens with one attached hydrogen (secondary N) is 1. The highest BCUT2D eigenvalue weighted by Gasteiger charge is 2.49. The van der Waals surface area contributed by atoms with Gasteiger partial charge in [-0.05, 0) is 53.9 Å². The zero-order chi connectivity index (χ0) is 24.5. The zero-order valence-corrected chi connectivity index (χ0v) is 17.6. The first kappa shape index (κ1) is 23.3. The molecule has 1 saturated heterocycles. The highest BCUT2D eigenvalue weighted by atomic mass is 19.4. The van der Waals surface area contributed by atoms with Crippen molar-refractivity contribution in [2.45, 2.75) is 18.0 Å². The fourth-order valence-corrected chi connectivity index (χ4v) is 4.12. The second-order valence-corrected chi connectivity index (χ2v) is 7.85. The number of alkyl halides is 3. The Morgan fingerprint density at radius 3 is 2.03 bits per heavy atom. The maximum atomic E-state index is 13.6. The Bertz CT molecular complexity index is 1170. The lowest BCUT2D eigenvalue weighted by molar-refractivity contribution is -0.141. The van der Waals surface area contributed by atoms with Gasteiger partial charge in [0, 0.05) is 6.54 Å². The molecule has 0 bridgehead atoms. The number of pyridine rings is 1. The molecule has 4 rings (SSSR count). The number of hydrogen-bond acceptors (Lipinski definition) is 3. The maximum absolute atomic E-state index is 13.6. The Labute approximate surface area is 191 Å². The van der Waals surface area contributed by atoms with Crippen LogP contribution in [0, 0.1) is 11.6 Å². The molecule has 0 spiro atoms. The summed E-state index contributed by atoms with van der Waals surface area (Å²) in [7, 11) is 0. The molecule has 2 aromatic carbocycles. The van der Waals surface area contributed by atoms with E-state index < -0.39 is 47.3 Å². The van der Waals surface area contributed by atoms with Gasteiger partial charge in [0.1, 0.15) is 28.6 Å². The van der Waals surface area contributed by atoms with Crippen molar-refractivity contribution in [3.63, 3.8) is 0 Å². The van der Waals surface area contributed by atoms with E-state index in [1.54, 1.807) is 0 Å². The largest absolute Gasteiger partial charge is 0.433 e. The first-order chi connectivity index (χ1) is 16.1. The number of likely N-dealkylation sites (tertiary alicyclic amines) is 1. The van der Waals surface area contributed by atoms with E-state index in [0.717, 1.165) is 12.1 Å². The molecule has 1 N–H and O–H groups in total. The molecule has 0 unspecified atom stereocenters. The number of nitrogens with zero attached hydrogens (tertiary/aromatic N) is 2. The standard InChI is InChI=1S/C24H18F5N3O2/c25-17-8-4-15(5-9-17)23(16-6-10-18(26)11-7-16)12-13-32(22(23)34)14-21(33)31-20-3-1-2-19(30-20)24(27,28)29/h1-11H,12-14H2,(H,30,31,33). The number of benzene rings is 2. The van der Waals surface area contributed by atoms with Crippen LogP contribution in [0.15, 0.2) is 66.7 Å². The number of amides is 2. The summed E-state index contributed by atoms with van der Waals surface area (Å²) in [5, 5.41) is 2.28. The van der Waals surface area contributed by atoms with Gasteiger partial charge >= 0.3 is 6.18 Å². The molecule has 34 heavy (non-hydrogen) atoms. The minimum Gasteiger partial charge on any atom is -0.332 e. The molecule has 5 nitrogen and oxygen atoms in total. The van der Waals surface area contributed by atoms with Gasteiger partial charge in [-0.25, -0.2) is 13.8 Å². The van der Waals surface area contributed by atoms with Crippen LogP contribution in [0.5, 0.6) is 0 Å². The highest BCUT2D eigenvalue weighted by molar-refractivity contribution is 5.99. The summed E-state index contributed by atoms with van der Waals surface area (Å²) >= 11 is 0. The summed E-state index contributed by atoms with van der Waals surface area (Å²) in [5.41, 5.74) is -1.47. The molecular formula is C24H18F5N3O2. The van der Waals surface area contributed by atoms with Crippen molar-refractivity contribution in [1.82, 2.24) is 9.88 Å². The topological polar surface area (TPSA) is 62.3 Å². The molecule has 2 heterocycles. The Balaban J connectivity index is 1.58. The molecule has 0 saturated carbocycles. The fourth-order valence-electron chi connectivity index (χ4n) is 4.12. The summed E-state index contributed by atoms with van der Waals surface area (Å²) in [4.78, 5) is 30.7. The van der Waals surface area contributed by atoms with Crippen molar-refractivity contribution < 1.29 is 31.5 Å². The van der Waals surface area contributed by atoms with E-state index in [0.29, 0.717) is 11.1 Å². The Hall–Kier alpha value is -3.82. The number of hydrogen-bond donors (Lipinski definition) is 1. The summed E-state index contributed by atoms with van der Waals surface area (Å²) < 4.78 is 65.7. The SMILES string of the molecule is O=C(CN1CCC(c2ccc(F)cc2)(c2ccc(F)cc2)C1=O)Nc1cccc(C(F)(F)F)n1. The van der Waals surface area contributed by atoms with Gasteiger partial charge in [-0.1, -0.05) is 30.3 Å². The monoisotopic (exact) mass is 475 g/mol. The lowest BCUT2D eigenvalue weighted by Crippen LogP contribution is -2.42. The van der Waals surface area contributed by atoms with Crippen LogP contribution in [0.1, 0.15) is 23.2 Å². The lowest BCUT2D eigenvalue weighted by atomic mass is 9.73. The second-order valence-electron chi connectivity index (χ2n) is 7.85. The molecule has 1 aromatic heterocycles. The first-order valence-corrected chi connectivity index (χ1v) is 10.3. The van der Waals surface area contributed by atoms with E-state index in [1.165, 1.54) is 59.5 Å². The number of carbonyl (C=O) groups is 2. The minimum atomic E-state index is -4.67. The van der Waals surface area contributed by atoms with Gasteiger partial charge < -0.3 is 10.2 Å². The van der Waals surface area contributed by atoms with Crippen LogP contribution < -0.4 is 5.32 Å². The molecule has 176 valence electrons. The molecule has 10 heteroatoms. The Morgan fingerprint density at radius 2 is 1.50 bits per heavy atom. The molecule has 1 aliphatic rings. The average molecular weight is 475 g/mol. The van der Waals surface area contributed by atoms with E-state index in [9.17, 15) is 31.5 Å². The molecule has 0 radical (unpaired) electrons. The normalized spacial score (nSPS) is 15.4. The van der Waals surface area contributed by atoms with Crippen LogP contribution in [0.2, 0.25) is 0 Å². The lowest BCUT2D eigenvalue weighted by Gasteiger charge is -2.29. The molecule has 0 aliphatic carbocycles. The van der Waals surface area contributed by atoms with Crippen LogP contribution >= 0.6 is 0 Å². The molecular weight excluding hydrogens is 457 g/mol. The predicted molar refractivity (Wildman–Crippen MR) is 113 cm³/mol. The van der Waals surface area contributed by atoms with Gasteiger partial charge in [-0.2, -0.15) is 13.2 Å². The number of carbonyl (C=O) groups excluding carboxylic acids is 2. The van der Waals surface area contributed by atoms with Crippen molar-refractivity contribution in [3.8, 4) is 0 Å². The van der Waals surface area contributed by atoms with E-state index in [-0.39, 0.29) is 18.8 Å². The Kier molecular flexibility index (Phi) is 6.07. The predicted octanol–water partition coefficient (Wildman–Crippen LogP) is 4.54.